The third-order valence-corrected chi connectivity index (χ3v) is 4.02. The second-order valence-electron chi connectivity index (χ2n) is 5.56. The van der Waals surface area contributed by atoms with Crippen molar-refractivity contribution in [2.45, 2.75) is 12.5 Å². The predicted octanol–water partition coefficient (Wildman–Crippen LogP) is 2.55. The van der Waals surface area contributed by atoms with E-state index in [0.29, 0.717) is 12.1 Å². The van der Waals surface area contributed by atoms with Crippen LogP contribution in [-0.4, -0.2) is 44.3 Å². The third-order valence-electron chi connectivity index (χ3n) is 3.79. The van der Waals surface area contributed by atoms with Gasteiger partial charge < -0.3 is 3.79 Å². The second-order valence-corrected chi connectivity index (χ2v) is 5.80. The predicted molar refractivity (Wildman–Crippen MR) is 99.9 cm³/mol. The maximum Gasteiger partial charge on any atom is 0.484 e. The van der Waals surface area contributed by atoms with Gasteiger partial charge >= 0.3 is 16.6 Å². The fourth-order valence-corrected chi connectivity index (χ4v) is 2.71. The van der Waals surface area contributed by atoms with Crippen molar-refractivity contribution in [1.82, 2.24) is 9.97 Å². The van der Waals surface area contributed by atoms with Gasteiger partial charge in [0.15, 0.2) is 0 Å². The Morgan fingerprint density at radius 1 is 1.00 bits per heavy atom. The van der Waals surface area contributed by atoms with Crippen molar-refractivity contribution in [3.8, 4) is 0 Å². The van der Waals surface area contributed by atoms with Crippen LogP contribution >= 0.6 is 0 Å². The van der Waals surface area contributed by atoms with Crippen molar-refractivity contribution in [2.24, 2.45) is 4.99 Å². The summed E-state index contributed by atoms with van der Waals surface area (Å²) in [5.41, 5.74) is 3.27. The minimum atomic E-state index is -0.723. The number of aliphatic imine (C=N–C) groups is 1. The summed E-state index contributed by atoms with van der Waals surface area (Å²) in [6.07, 6.45) is 5.13. The molecule has 2 aromatic carbocycles. The first kappa shape index (κ1) is 18.0. The van der Waals surface area contributed by atoms with E-state index in [1.165, 1.54) is 0 Å². The number of aromatic nitrogens is 2. The fourth-order valence-electron chi connectivity index (χ4n) is 2.56. The molecular formula is C20H16AlN3O2. The van der Waals surface area contributed by atoms with Crippen LogP contribution in [-0.2, 0) is 15.0 Å². The molecule has 0 amide bonds. The van der Waals surface area contributed by atoms with E-state index in [1.54, 1.807) is 18.6 Å². The molecule has 126 valence electrons. The van der Waals surface area contributed by atoms with Gasteiger partial charge in [0.1, 0.15) is 6.04 Å². The molecule has 0 saturated carbocycles. The average Bonchev–Trinajstić information content (AvgIpc) is 2.72. The van der Waals surface area contributed by atoms with E-state index in [4.69, 9.17) is 8.78 Å². The molecule has 26 heavy (non-hydrogen) atoms. The molecule has 2 radical (unpaired) electrons. The standard InChI is InChI=1S/C20H17N3O2.Al/c24-20(25)18(13-17-14-21-11-12-22-17)23-19(15-7-3-1-4-8-15)16-9-5-2-6-10-16;/h1-12,14,18H,13H2,(H,24,25);/q;+1/p-1. The lowest BCUT2D eigenvalue weighted by atomic mass is 10.0. The molecule has 0 fully saturated rings. The van der Waals surface area contributed by atoms with Crippen LogP contribution in [0.25, 0.3) is 0 Å². The number of carbonyl (C=O) groups is 1. The largest absolute Gasteiger partial charge is 0.626 e. The Morgan fingerprint density at radius 2 is 1.62 bits per heavy atom. The van der Waals surface area contributed by atoms with Crippen LogP contribution in [0.1, 0.15) is 16.8 Å². The number of carbonyl (C=O) groups excluding carboxylic acids is 1. The van der Waals surface area contributed by atoms with Gasteiger partial charge in [-0.3, -0.25) is 19.8 Å². The highest BCUT2D eigenvalue weighted by atomic mass is 27.1. The molecule has 6 heteroatoms. The summed E-state index contributed by atoms with van der Waals surface area (Å²) in [6.45, 7) is 0. The first-order chi connectivity index (χ1) is 12.8. The molecule has 3 aromatic rings. The summed E-state index contributed by atoms with van der Waals surface area (Å²) in [6, 6.07) is 18.8. The van der Waals surface area contributed by atoms with E-state index in [9.17, 15) is 4.79 Å². The first-order valence-corrected chi connectivity index (χ1v) is 8.59. The molecule has 5 nitrogen and oxygen atoms in total. The molecule has 0 aliphatic rings. The first-order valence-electron chi connectivity index (χ1n) is 8.12. The van der Waals surface area contributed by atoms with Crippen molar-refractivity contribution in [2.75, 3.05) is 0 Å². The van der Waals surface area contributed by atoms with Crippen molar-refractivity contribution < 1.29 is 8.58 Å². The third kappa shape index (κ3) is 4.63. The Bertz CT molecular complexity index is 830. The second kappa shape index (κ2) is 9.05. The smallest absolute Gasteiger partial charge is 0.484 e. The quantitative estimate of drug-likeness (QED) is 0.502. The zero-order chi connectivity index (χ0) is 18.2. The van der Waals surface area contributed by atoms with Crippen LogP contribution in [0.2, 0.25) is 0 Å². The molecule has 0 aliphatic carbocycles. The topological polar surface area (TPSA) is 64.4 Å². The Morgan fingerprint density at radius 3 is 2.12 bits per heavy atom. The van der Waals surface area contributed by atoms with Crippen LogP contribution in [0.4, 0.5) is 0 Å². The van der Waals surface area contributed by atoms with Gasteiger partial charge in [-0.05, 0) is 0 Å². The lowest BCUT2D eigenvalue weighted by molar-refractivity contribution is -0.135. The minimum absolute atomic E-state index is 0.310. The summed E-state index contributed by atoms with van der Waals surface area (Å²) < 4.78 is 4.88. The normalized spacial score (nSPS) is 11.4. The maximum absolute atomic E-state index is 12.3. The number of hydrogen-bond acceptors (Lipinski definition) is 5. The highest BCUT2D eigenvalue weighted by Gasteiger charge is 2.20. The van der Waals surface area contributed by atoms with Gasteiger partial charge in [0.05, 0.1) is 11.4 Å². The summed E-state index contributed by atoms with van der Waals surface area (Å²) in [5, 5.41) is 0. The molecule has 3 rings (SSSR count). The van der Waals surface area contributed by atoms with Crippen LogP contribution in [0.5, 0.6) is 0 Å². The minimum Gasteiger partial charge on any atom is -0.626 e. The summed E-state index contributed by atoms with van der Waals surface area (Å²) in [4.78, 5) is 25.4. The van der Waals surface area contributed by atoms with Gasteiger partial charge in [-0.15, -0.1) is 0 Å². The SMILES string of the molecule is O=C([O][Al])C(Cc1cnccn1)N=C(c1ccccc1)c1ccccc1. The molecule has 1 heterocycles. The molecule has 1 unspecified atom stereocenters. The van der Waals surface area contributed by atoms with Crippen molar-refractivity contribution in [3.05, 3.63) is 96.1 Å². The lowest BCUT2D eigenvalue weighted by Gasteiger charge is -2.15. The van der Waals surface area contributed by atoms with Crippen LogP contribution in [0.3, 0.4) is 0 Å². The van der Waals surface area contributed by atoms with Gasteiger partial charge in [-0.25, -0.2) is 0 Å². The molecule has 0 bridgehead atoms. The molecule has 0 N–H and O–H groups in total. The van der Waals surface area contributed by atoms with Crippen molar-refractivity contribution >= 4 is 28.3 Å². The van der Waals surface area contributed by atoms with E-state index in [0.717, 1.165) is 16.8 Å². The summed E-state index contributed by atoms with van der Waals surface area (Å²) >= 11 is 1.99. The highest BCUT2D eigenvalue weighted by molar-refractivity contribution is 6.14. The van der Waals surface area contributed by atoms with Gasteiger partial charge in [0.25, 0.3) is 5.97 Å². The van der Waals surface area contributed by atoms with Crippen LogP contribution in [0, 0.1) is 0 Å². The number of hydrogen-bond donors (Lipinski definition) is 0. The Labute approximate surface area is 160 Å². The molecular weight excluding hydrogens is 341 g/mol. The Balaban J connectivity index is 2.03. The number of rotatable bonds is 6. The summed E-state index contributed by atoms with van der Waals surface area (Å²) in [5.74, 6) is -0.440. The highest BCUT2D eigenvalue weighted by Crippen LogP contribution is 2.14. The van der Waals surface area contributed by atoms with Gasteiger partial charge in [0, 0.05) is 36.1 Å². The molecule has 0 saturated heterocycles. The Kier molecular flexibility index (Phi) is 6.26. The molecule has 1 aromatic heterocycles. The molecule has 0 aliphatic heterocycles. The van der Waals surface area contributed by atoms with E-state index >= 15 is 0 Å². The number of nitrogens with zero attached hydrogens (tertiary/aromatic N) is 3. The maximum atomic E-state index is 12.3. The molecule has 1 atom stereocenters. The van der Waals surface area contributed by atoms with Gasteiger partial charge in [-0.1, -0.05) is 60.7 Å². The molecule has 0 spiro atoms. The Hall–Kier alpha value is -2.81. The van der Waals surface area contributed by atoms with Crippen LogP contribution in [0.15, 0.2) is 84.2 Å². The average molecular weight is 357 g/mol. The monoisotopic (exact) mass is 357 g/mol. The van der Waals surface area contributed by atoms with E-state index in [-0.39, 0.29) is 0 Å². The fraction of sp³-hybridized carbons (Fsp3) is 0.100. The van der Waals surface area contributed by atoms with E-state index < -0.39 is 12.0 Å². The summed E-state index contributed by atoms with van der Waals surface area (Å²) in [7, 11) is 0. The zero-order valence-electron chi connectivity index (χ0n) is 14.0. The lowest BCUT2D eigenvalue weighted by Crippen LogP contribution is -2.26. The van der Waals surface area contributed by atoms with E-state index in [2.05, 4.69) is 9.97 Å². The van der Waals surface area contributed by atoms with E-state index in [1.807, 2.05) is 77.3 Å². The van der Waals surface area contributed by atoms with Crippen LogP contribution < -0.4 is 0 Å². The van der Waals surface area contributed by atoms with Gasteiger partial charge in [-0.2, -0.15) is 0 Å². The van der Waals surface area contributed by atoms with Crippen molar-refractivity contribution in [3.63, 3.8) is 0 Å². The van der Waals surface area contributed by atoms with Gasteiger partial charge in [0.2, 0.25) is 0 Å². The zero-order valence-corrected chi connectivity index (χ0v) is 15.2. The number of benzene rings is 2. The van der Waals surface area contributed by atoms with Crippen molar-refractivity contribution in [1.29, 1.82) is 0 Å².